The van der Waals surface area contributed by atoms with Crippen molar-refractivity contribution in [2.75, 3.05) is 20.2 Å². The number of carbonyl (C=O) groups excluding carboxylic acids is 2. The van der Waals surface area contributed by atoms with Crippen LogP contribution in [0.15, 0.2) is 77.5 Å². The van der Waals surface area contributed by atoms with Crippen LogP contribution in [0.2, 0.25) is 0 Å². The van der Waals surface area contributed by atoms with E-state index < -0.39 is 0 Å². The van der Waals surface area contributed by atoms with E-state index in [1.165, 1.54) is 6.26 Å². The zero-order valence-electron chi connectivity index (χ0n) is 20.4. The number of hydrogen-bond acceptors (Lipinski definition) is 4. The molecule has 1 N–H and O–H groups in total. The Morgan fingerprint density at radius 1 is 1.03 bits per heavy atom. The largest absolute Gasteiger partial charge is 0.497 e. The van der Waals surface area contributed by atoms with Gasteiger partial charge in [0.2, 0.25) is 5.91 Å². The minimum absolute atomic E-state index is 0.0265. The van der Waals surface area contributed by atoms with Crippen molar-refractivity contribution in [1.82, 2.24) is 14.8 Å². The van der Waals surface area contributed by atoms with Gasteiger partial charge in [-0.05, 0) is 61.7 Å². The number of ether oxygens (including phenoxy) is 1. The average molecular weight is 474 g/mol. The number of furan rings is 1. The van der Waals surface area contributed by atoms with Gasteiger partial charge in [-0.3, -0.25) is 9.59 Å². The van der Waals surface area contributed by atoms with Crippen molar-refractivity contribution in [2.45, 2.75) is 32.9 Å². The van der Waals surface area contributed by atoms with Gasteiger partial charge in [-0.15, -0.1) is 0 Å². The lowest BCUT2D eigenvalue weighted by Gasteiger charge is -2.29. The highest BCUT2D eigenvalue weighted by Crippen LogP contribution is 2.20. The third-order valence-corrected chi connectivity index (χ3v) is 6.13. The smallest absolute Gasteiger partial charge is 0.290 e. The molecule has 2 heterocycles. The van der Waals surface area contributed by atoms with Crippen LogP contribution >= 0.6 is 0 Å². The molecule has 0 spiro atoms. The highest BCUT2D eigenvalue weighted by molar-refractivity contribution is 5.94. The predicted molar refractivity (Wildman–Crippen MR) is 135 cm³/mol. The number of para-hydroxylation sites is 1. The first-order valence-electron chi connectivity index (χ1n) is 11.8. The number of fused-ring (bicyclic) bond motifs is 1. The maximum absolute atomic E-state index is 13.6. The molecule has 0 aliphatic heterocycles. The second-order valence-electron chi connectivity index (χ2n) is 8.78. The Kier molecular flexibility index (Phi) is 7.55. The van der Waals surface area contributed by atoms with Gasteiger partial charge in [0.15, 0.2) is 5.76 Å². The molecule has 4 aromatic rings. The fraction of sp³-hybridized carbons (Fsp3) is 0.286. The molecule has 0 atom stereocenters. The van der Waals surface area contributed by atoms with Gasteiger partial charge in [0, 0.05) is 36.2 Å². The van der Waals surface area contributed by atoms with Gasteiger partial charge in [-0.25, -0.2) is 0 Å². The number of hydrogen-bond donors (Lipinski definition) is 1. The van der Waals surface area contributed by atoms with Crippen molar-refractivity contribution in [2.24, 2.45) is 0 Å². The number of aromatic nitrogens is 1. The van der Waals surface area contributed by atoms with Crippen LogP contribution in [-0.4, -0.2) is 52.8 Å². The standard InChI is InChI=1S/C28H31N3O4/c1-20(2)31(28(33)26-9-6-16-35-26)19-27(32)30(18-21-10-12-23(34-3)13-11-21)15-14-22-17-29-25-8-5-4-7-24(22)25/h4-13,16-17,20,29H,14-15,18-19H2,1-3H3. The summed E-state index contributed by atoms with van der Waals surface area (Å²) in [4.78, 5) is 33.2. The summed E-state index contributed by atoms with van der Waals surface area (Å²) in [5.41, 5.74) is 3.22. The predicted octanol–water partition coefficient (Wildman–Crippen LogP) is 4.89. The highest BCUT2D eigenvalue weighted by atomic mass is 16.5. The van der Waals surface area contributed by atoms with E-state index in [0.29, 0.717) is 19.5 Å². The van der Waals surface area contributed by atoms with Gasteiger partial charge in [-0.2, -0.15) is 0 Å². The Hall–Kier alpha value is -4.00. The normalized spacial score (nSPS) is 11.1. The van der Waals surface area contributed by atoms with Crippen LogP contribution in [-0.2, 0) is 17.8 Å². The molecule has 0 radical (unpaired) electrons. The van der Waals surface area contributed by atoms with E-state index in [0.717, 1.165) is 27.8 Å². The Morgan fingerprint density at radius 2 is 1.80 bits per heavy atom. The van der Waals surface area contributed by atoms with Crippen molar-refractivity contribution < 1.29 is 18.7 Å². The zero-order valence-corrected chi connectivity index (χ0v) is 20.4. The monoisotopic (exact) mass is 473 g/mol. The molecule has 0 aliphatic carbocycles. The third-order valence-electron chi connectivity index (χ3n) is 6.13. The lowest BCUT2D eigenvalue weighted by atomic mass is 10.1. The molecule has 0 saturated carbocycles. The summed E-state index contributed by atoms with van der Waals surface area (Å²) in [6, 6.07) is 19.0. The van der Waals surface area contributed by atoms with Crippen molar-refractivity contribution in [3.05, 3.63) is 90.0 Å². The van der Waals surface area contributed by atoms with Crippen molar-refractivity contribution >= 4 is 22.7 Å². The number of amides is 2. The van der Waals surface area contributed by atoms with E-state index in [2.05, 4.69) is 11.1 Å². The minimum Gasteiger partial charge on any atom is -0.497 e. The molecule has 0 aliphatic rings. The van der Waals surface area contributed by atoms with E-state index in [1.807, 2.05) is 67.4 Å². The summed E-state index contributed by atoms with van der Waals surface area (Å²) in [6.45, 7) is 4.72. The summed E-state index contributed by atoms with van der Waals surface area (Å²) in [6.07, 6.45) is 4.16. The van der Waals surface area contributed by atoms with E-state index in [1.54, 1.807) is 24.1 Å². The first-order valence-corrected chi connectivity index (χ1v) is 11.8. The van der Waals surface area contributed by atoms with Gasteiger partial charge >= 0.3 is 0 Å². The third kappa shape index (κ3) is 5.74. The molecular formula is C28H31N3O4. The molecule has 2 amide bonds. The Bertz CT molecular complexity index is 1260. The topological polar surface area (TPSA) is 78.8 Å². The van der Waals surface area contributed by atoms with Gasteiger partial charge in [-0.1, -0.05) is 30.3 Å². The molecule has 4 rings (SSSR count). The number of nitrogens with zero attached hydrogens (tertiary/aromatic N) is 2. The Labute approximate surface area is 205 Å². The van der Waals surface area contributed by atoms with Crippen LogP contribution in [0, 0.1) is 0 Å². The van der Waals surface area contributed by atoms with Gasteiger partial charge < -0.3 is 23.9 Å². The molecular weight excluding hydrogens is 442 g/mol. The number of methoxy groups -OCH3 is 1. The molecule has 0 fully saturated rings. The van der Waals surface area contributed by atoms with E-state index in [9.17, 15) is 9.59 Å². The number of carbonyl (C=O) groups is 2. The van der Waals surface area contributed by atoms with Crippen molar-refractivity contribution in [1.29, 1.82) is 0 Å². The average Bonchev–Trinajstić information content (AvgIpc) is 3.55. The molecule has 0 unspecified atom stereocenters. The summed E-state index contributed by atoms with van der Waals surface area (Å²) in [7, 11) is 1.63. The van der Waals surface area contributed by atoms with Gasteiger partial charge in [0.25, 0.3) is 5.91 Å². The molecule has 7 heteroatoms. The quantitative estimate of drug-likeness (QED) is 0.356. The first kappa shape index (κ1) is 24.1. The fourth-order valence-electron chi connectivity index (χ4n) is 4.11. The second-order valence-corrected chi connectivity index (χ2v) is 8.78. The van der Waals surface area contributed by atoms with E-state index >= 15 is 0 Å². The molecule has 182 valence electrons. The maximum Gasteiger partial charge on any atom is 0.290 e. The number of nitrogens with one attached hydrogen (secondary N) is 1. The summed E-state index contributed by atoms with van der Waals surface area (Å²) < 4.78 is 10.6. The molecule has 7 nitrogen and oxygen atoms in total. The second kappa shape index (κ2) is 11.0. The van der Waals surface area contributed by atoms with Crippen LogP contribution in [0.25, 0.3) is 10.9 Å². The molecule has 2 aromatic heterocycles. The molecule has 2 aromatic carbocycles. The lowest BCUT2D eigenvalue weighted by molar-refractivity contribution is -0.132. The van der Waals surface area contributed by atoms with Crippen LogP contribution in [0.1, 0.15) is 35.5 Å². The summed E-state index contributed by atoms with van der Waals surface area (Å²) >= 11 is 0. The van der Waals surface area contributed by atoms with E-state index in [-0.39, 0.29) is 30.2 Å². The summed E-state index contributed by atoms with van der Waals surface area (Å²) in [5.74, 6) is 0.584. The van der Waals surface area contributed by atoms with Crippen LogP contribution < -0.4 is 4.74 Å². The SMILES string of the molecule is COc1ccc(CN(CCc2c[nH]c3ccccc23)C(=O)CN(C(=O)c2ccco2)C(C)C)cc1. The lowest BCUT2D eigenvalue weighted by Crippen LogP contribution is -2.46. The van der Waals surface area contributed by atoms with Crippen molar-refractivity contribution in [3.63, 3.8) is 0 Å². The van der Waals surface area contributed by atoms with Gasteiger partial charge in [0.1, 0.15) is 12.3 Å². The van der Waals surface area contributed by atoms with Crippen LogP contribution in [0.4, 0.5) is 0 Å². The van der Waals surface area contributed by atoms with Crippen LogP contribution in [0.3, 0.4) is 0 Å². The maximum atomic E-state index is 13.6. The van der Waals surface area contributed by atoms with Crippen molar-refractivity contribution in [3.8, 4) is 5.75 Å². The number of rotatable bonds is 10. The number of aromatic amines is 1. The Morgan fingerprint density at radius 3 is 2.49 bits per heavy atom. The van der Waals surface area contributed by atoms with Crippen LogP contribution in [0.5, 0.6) is 5.75 Å². The summed E-state index contributed by atoms with van der Waals surface area (Å²) in [5, 5.41) is 1.15. The first-order chi connectivity index (χ1) is 17.0. The number of H-pyrrole nitrogens is 1. The zero-order chi connectivity index (χ0) is 24.8. The minimum atomic E-state index is -0.292. The molecule has 0 bridgehead atoms. The highest BCUT2D eigenvalue weighted by Gasteiger charge is 2.26. The Balaban J connectivity index is 1.53. The van der Waals surface area contributed by atoms with Gasteiger partial charge in [0.05, 0.1) is 13.4 Å². The fourth-order valence-corrected chi connectivity index (χ4v) is 4.11. The molecule has 35 heavy (non-hydrogen) atoms. The number of benzene rings is 2. The van der Waals surface area contributed by atoms with E-state index in [4.69, 9.17) is 9.15 Å². The molecule has 0 saturated heterocycles.